The summed E-state index contributed by atoms with van der Waals surface area (Å²) in [6.45, 7) is 0.598. The lowest BCUT2D eigenvalue weighted by molar-refractivity contribution is 0.102. The van der Waals surface area contributed by atoms with Gasteiger partial charge in [0.1, 0.15) is 5.69 Å². The van der Waals surface area contributed by atoms with Crippen LogP contribution in [-0.2, 0) is 6.54 Å². The molecule has 1 amide bonds. The summed E-state index contributed by atoms with van der Waals surface area (Å²) in [5.41, 5.74) is 3.31. The highest BCUT2D eigenvalue weighted by Gasteiger charge is 2.14. The van der Waals surface area contributed by atoms with Gasteiger partial charge >= 0.3 is 0 Å². The summed E-state index contributed by atoms with van der Waals surface area (Å²) in [7, 11) is 0. The molecule has 0 aliphatic rings. The van der Waals surface area contributed by atoms with Crippen molar-refractivity contribution in [2.45, 2.75) is 6.54 Å². The minimum atomic E-state index is -0.321. The maximum absolute atomic E-state index is 12.7. The van der Waals surface area contributed by atoms with Gasteiger partial charge in [0.2, 0.25) is 0 Å². The molecule has 32 heavy (non-hydrogen) atoms. The van der Waals surface area contributed by atoms with Gasteiger partial charge in [-0.05, 0) is 40.6 Å². The Bertz CT molecular complexity index is 1430. The number of hydrogen-bond donors (Lipinski definition) is 2. The van der Waals surface area contributed by atoms with Crippen molar-refractivity contribution in [1.82, 2.24) is 20.0 Å². The molecule has 158 valence electrons. The van der Waals surface area contributed by atoms with E-state index in [2.05, 4.69) is 44.9 Å². The summed E-state index contributed by atoms with van der Waals surface area (Å²) < 4.78 is 1.79. The summed E-state index contributed by atoms with van der Waals surface area (Å²) in [6, 6.07) is 21.2. The predicted octanol–water partition coefficient (Wildman–Crippen LogP) is 6.03. The zero-order valence-corrected chi connectivity index (χ0v) is 18.2. The van der Waals surface area contributed by atoms with Gasteiger partial charge in [-0.15, -0.1) is 0 Å². The maximum Gasteiger partial charge on any atom is 0.273 e. The average molecular weight is 462 g/mol. The molecule has 0 radical (unpaired) electrons. The van der Waals surface area contributed by atoms with Crippen LogP contribution < -0.4 is 5.32 Å². The van der Waals surface area contributed by atoms with Crippen LogP contribution in [-0.4, -0.2) is 25.9 Å². The molecule has 5 rings (SSSR count). The number of hydrogen-bond acceptors (Lipinski definition) is 3. The Labute approximate surface area is 193 Å². The highest BCUT2D eigenvalue weighted by molar-refractivity contribution is 6.36. The summed E-state index contributed by atoms with van der Waals surface area (Å²) in [6.07, 6.45) is 3.42. The zero-order valence-electron chi connectivity index (χ0n) is 16.7. The van der Waals surface area contributed by atoms with E-state index in [1.807, 2.05) is 18.2 Å². The minimum Gasteiger partial charge on any atom is -0.318 e. The first-order chi connectivity index (χ1) is 15.6. The fourth-order valence-corrected chi connectivity index (χ4v) is 4.10. The Morgan fingerprint density at radius 3 is 2.75 bits per heavy atom. The first kappa shape index (κ1) is 20.3. The lowest BCUT2D eigenvalue weighted by Gasteiger charge is -2.06. The average Bonchev–Trinajstić information content (AvgIpc) is 3.44. The minimum absolute atomic E-state index is 0.313. The Morgan fingerprint density at radius 2 is 1.88 bits per heavy atom. The quantitative estimate of drug-likeness (QED) is 0.335. The number of H-pyrrole nitrogens is 1. The van der Waals surface area contributed by atoms with E-state index >= 15 is 0 Å². The van der Waals surface area contributed by atoms with Crippen molar-refractivity contribution in [2.24, 2.45) is 0 Å². The molecular weight excluding hydrogens is 445 g/mol. The zero-order chi connectivity index (χ0) is 22.1. The number of aromatic amines is 1. The molecule has 0 bridgehead atoms. The smallest absolute Gasteiger partial charge is 0.273 e. The van der Waals surface area contributed by atoms with Crippen LogP contribution in [0.15, 0.2) is 79.1 Å². The molecule has 0 spiro atoms. The van der Waals surface area contributed by atoms with Gasteiger partial charge in [0.25, 0.3) is 5.91 Å². The van der Waals surface area contributed by atoms with Crippen molar-refractivity contribution in [3.63, 3.8) is 0 Å². The monoisotopic (exact) mass is 461 g/mol. The lowest BCUT2D eigenvalue weighted by atomic mass is 10.0. The molecule has 2 heterocycles. The van der Waals surface area contributed by atoms with E-state index in [1.165, 1.54) is 10.8 Å². The van der Waals surface area contributed by atoms with E-state index in [0.717, 1.165) is 5.56 Å². The highest BCUT2D eigenvalue weighted by Crippen LogP contribution is 2.29. The van der Waals surface area contributed by atoms with E-state index in [0.29, 0.717) is 39.2 Å². The number of benzene rings is 3. The van der Waals surface area contributed by atoms with Crippen LogP contribution in [0.4, 0.5) is 5.69 Å². The first-order valence-corrected chi connectivity index (χ1v) is 10.6. The Hall–Kier alpha value is -3.61. The molecule has 0 aliphatic heterocycles. The maximum atomic E-state index is 12.7. The van der Waals surface area contributed by atoms with Crippen LogP contribution in [0.25, 0.3) is 22.0 Å². The third-order valence-electron chi connectivity index (χ3n) is 5.13. The predicted molar refractivity (Wildman–Crippen MR) is 127 cm³/mol. The van der Waals surface area contributed by atoms with Crippen LogP contribution in [0, 0.1) is 0 Å². The molecule has 2 aromatic heterocycles. The van der Waals surface area contributed by atoms with Crippen LogP contribution in [0.2, 0.25) is 10.0 Å². The van der Waals surface area contributed by atoms with Gasteiger partial charge in [-0.3, -0.25) is 14.6 Å². The molecule has 2 N–H and O–H groups in total. The summed E-state index contributed by atoms with van der Waals surface area (Å²) >= 11 is 12.2. The summed E-state index contributed by atoms with van der Waals surface area (Å²) in [5.74, 6) is -0.321. The van der Waals surface area contributed by atoms with Crippen molar-refractivity contribution in [3.05, 3.63) is 100 Å². The van der Waals surface area contributed by atoms with Crippen molar-refractivity contribution in [3.8, 4) is 11.3 Å². The van der Waals surface area contributed by atoms with Crippen LogP contribution >= 0.6 is 23.2 Å². The van der Waals surface area contributed by atoms with Crippen molar-refractivity contribution >= 4 is 45.6 Å². The second-order valence-electron chi connectivity index (χ2n) is 7.31. The summed E-state index contributed by atoms with van der Waals surface area (Å²) in [4.78, 5) is 12.7. The largest absolute Gasteiger partial charge is 0.318 e. The van der Waals surface area contributed by atoms with Crippen molar-refractivity contribution < 1.29 is 4.79 Å². The second-order valence-corrected chi connectivity index (χ2v) is 8.15. The van der Waals surface area contributed by atoms with Crippen molar-refractivity contribution in [1.29, 1.82) is 0 Å². The molecule has 3 aromatic carbocycles. The third-order valence-corrected chi connectivity index (χ3v) is 5.68. The van der Waals surface area contributed by atoms with Gasteiger partial charge in [-0.2, -0.15) is 10.2 Å². The van der Waals surface area contributed by atoms with Gasteiger partial charge in [0.05, 0.1) is 29.1 Å². The van der Waals surface area contributed by atoms with Gasteiger partial charge in [-0.25, -0.2) is 0 Å². The Kier molecular flexibility index (Phi) is 5.39. The molecule has 6 nitrogen and oxygen atoms in total. The number of nitrogens with one attached hydrogen (secondary N) is 2. The van der Waals surface area contributed by atoms with Gasteiger partial charge in [0, 0.05) is 16.8 Å². The fraction of sp³-hybridized carbons (Fsp3) is 0.0417. The number of fused-ring (bicyclic) bond motifs is 1. The SMILES string of the molecule is O=C(Nc1cnn(Cc2cccc3ccccc23)c1)c1cc(-c2ccc(Cl)cc2Cl)n[nH]1. The molecule has 8 heteroatoms. The van der Waals surface area contributed by atoms with Crippen LogP contribution in [0.3, 0.4) is 0 Å². The number of aromatic nitrogens is 4. The first-order valence-electron chi connectivity index (χ1n) is 9.88. The third kappa shape index (κ3) is 4.10. The molecule has 0 atom stereocenters. The summed E-state index contributed by atoms with van der Waals surface area (Å²) in [5, 5.41) is 17.5. The molecule has 0 fully saturated rings. The number of anilines is 1. The highest BCUT2D eigenvalue weighted by atomic mass is 35.5. The number of carbonyl (C=O) groups excluding carboxylic acids is 1. The van der Waals surface area contributed by atoms with Crippen molar-refractivity contribution in [2.75, 3.05) is 5.32 Å². The topological polar surface area (TPSA) is 75.6 Å². The number of amides is 1. The van der Waals surface area contributed by atoms with Crippen LogP contribution in [0.5, 0.6) is 0 Å². The Morgan fingerprint density at radius 1 is 1.03 bits per heavy atom. The van der Waals surface area contributed by atoms with E-state index in [4.69, 9.17) is 23.2 Å². The van der Waals surface area contributed by atoms with Gasteiger partial charge in [-0.1, -0.05) is 65.7 Å². The molecule has 0 saturated heterocycles. The molecule has 0 aliphatic carbocycles. The molecule has 0 unspecified atom stereocenters. The fourth-order valence-electron chi connectivity index (χ4n) is 3.59. The van der Waals surface area contributed by atoms with E-state index in [9.17, 15) is 4.79 Å². The number of rotatable bonds is 5. The van der Waals surface area contributed by atoms with Gasteiger partial charge in [0.15, 0.2) is 0 Å². The lowest BCUT2D eigenvalue weighted by Crippen LogP contribution is -2.11. The molecule has 5 aromatic rings. The molecule has 0 saturated carbocycles. The number of halogens is 2. The normalized spacial score (nSPS) is 11.1. The van der Waals surface area contributed by atoms with E-state index in [-0.39, 0.29) is 5.91 Å². The number of carbonyl (C=O) groups is 1. The van der Waals surface area contributed by atoms with Gasteiger partial charge < -0.3 is 5.32 Å². The molecular formula is C24H17Cl2N5O. The van der Waals surface area contributed by atoms with E-state index < -0.39 is 0 Å². The second kappa shape index (κ2) is 8.49. The standard InChI is InChI=1S/C24H17Cl2N5O/c25-17-8-9-20(21(26)10-17)22-11-23(30-29-22)24(32)28-18-12-27-31(14-18)13-16-6-3-5-15-4-1-2-7-19(15)16/h1-12,14H,13H2,(H,28,32)(H,29,30). The van der Waals surface area contributed by atoms with Crippen LogP contribution in [0.1, 0.15) is 16.1 Å². The number of nitrogens with zero attached hydrogens (tertiary/aromatic N) is 3. The van der Waals surface area contributed by atoms with E-state index in [1.54, 1.807) is 41.3 Å². The Balaban J connectivity index is 1.30.